The zero-order valence-electron chi connectivity index (χ0n) is 14.6. The Hall–Kier alpha value is -2.04. The molecule has 0 atom stereocenters. The lowest BCUT2D eigenvalue weighted by atomic mass is 10.0. The van der Waals surface area contributed by atoms with Crippen LogP contribution in [0.5, 0.6) is 0 Å². The molecule has 1 N–H and O–H groups in total. The van der Waals surface area contributed by atoms with Gasteiger partial charge in [0, 0.05) is 38.8 Å². The predicted molar refractivity (Wildman–Crippen MR) is 92.5 cm³/mol. The minimum Gasteiger partial charge on any atom is -0.370 e. The number of hydrogen-bond acceptors (Lipinski definition) is 3. The standard InChI is InChI=1S/C18H27N3O2/c1-14-6-8-16(9-7-14)20-10-5-11-21(13-12-20)17(23)18(3,4)19-15(2)22/h6-9H,5,10-13H2,1-4H3,(H,19,22). The van der Waals surface area contributed by atoms with Crippen LogP contribution in [0.2, 0.25) is 0 Å². The smallest absolute Gasteiger partial charge is 0.247 e. The molecule has 0 unspecified atom stereocenters. The molecule has 2 rings (SSSR count). The summed E-state index contributed by atoms with van der Waals surface area (Å²) >= 11 is 0. The number of aryl methyl sites for hydroxylation is 1. The lowest BCUT2D eigenvalue weighted by molar-refractivity contribution is -0.139. The van der Waals surface area contributed by atoms with Crippen LogP contribution in [0.4, 0.5) is 5.69 Å². The first-order valence-corrected chi connectivity index (χ1v) is 8.19. The van der Waals surface area contributed by atoms with Crippen LogP contribution in [-0.4, -0.2) is 48.4 Å². The van der Waals surface area contributed by atoms with Crippen molar-refractivity contribution < 1.29 is 9.59 Å². The molecule has 0 bridgehead atoms. The molecule has 1 fully saturated rings. The van der Waals surface area contributed by atoms with Crippen molar-refractivity contribution in [2.75, 3.05) is 31.1 Å². The lowest BCUT2D eigenvalue weighted by Gasteiger charge is -2.31. The summed E-state index contributed by atoms with van der Waals surface area (Å²) in [6, 6.07) is 8.49. The summed E-state index contributed by atoms with van der Waals surface area (Å²) in [7, 11) is 0. The van der Waals surface area contributed by atoms with Crippen LogP contribution in [0, 0.1) is 6.92 Å². The van der Waals surface area contributed by atoms with Gasteiger partial charge in [-0.25, -0.2) is 0 Å². The molecule has 0 aliphatic carbocycles. The molecule has 1 aliphatic rings. The van der Waals surface area contributed by atoms with Gasteiger partial charge in [0.1, 0.15) is 5.54 Å². The molecule has 5 nitrogen and oxygen atoms in total. The molecule has 1 saturated heterocycles. The first-order valence-electron chi connectivity index (χ1n) is 8.19. The first-order chi connectivity index (χ1) is 10.8. The predicted octanol–water partition coefficient (Wildman–Crippen LogP) is 1.95. The summed E-state index contributed by atoms with van der Waals surface area (Å²) in [5, 5.41) is 2.74. The molecule has 0 radical (unpaired) electrons. The summed E-state index contributed by atoms with van der Waals surface area (Å²) in [5.74, 6) is -0.196. The van der Waals surface area contributed by atoms with Crippen molar-refractivity contribution in [3.8, 4) is 0 Å². The van der Waals surface area contributed by atoms with Crippen LogP contribution in [0.1, 0.15) is 32.8 Å². The van der Waals surface area contributed by atoms with E-state index in [1.165, 1.54) is 18.2 Å². The van der Waals surface area contributed by atoms with Gasteiger partial charge in [-0.3, -0.25) is 9.59 Å². The van der Waals surface area contributed by atoms with Gasteiger partial charge in [-0.1, -0.05) is 17.7 Å². The lowest BCUT2D eigenvalue weighted by Crippen LogP contribution is -2.56. The van der Waals surface area contributed by atoms with Crippen molar-refractivity contribution in [1.29, 1.82) is 0 Å². The fourth-order valence-electron chi connectivity index (χ4n) is 3.02. The topological polar surface area (TPSA) is 52.7 Å². The van der Waals surface area contributed by atoms with E-state index in [0.717, 1.165) is 26.1 Å². The number of nitrogens with one attached hydrogen (secondary N) is 1. The van der Waals surface area contributed by atoms with Gasteiger partial charge in [0.05, 0.1) is 0 Å². The molecule has 1 aliphatic heterocycles. The summed E-state index contributed by atoms with van der Waals surface area (Å²) in [6.07, 6.45) is 0.926. The largest absolute Gasteiger partial charge is 0.370 e. The fraction of sp³-hybridized carbons (Fsp3) is 0.556. The van der Waals surface area contributed by atoms with E-state index in [9.17, 15) is 9.59 Å². The molecule has 1 aromatic carbocycles. The highest BCUT2D eigenvalue weighted by Gasteiger charge is 2.33. The molecule has 2 amide bonds. The minimum absolute atomic E-state index is 0.0153. The zero-order chi connectivity index (χ0) is 17.0. The molecule has 1 aromatic rings. The van der Waals surface area contributed by atoms with Crippen LogP contribution < -0.4 is 10.2 Å². The number of carbonyl (C=O) groups excluding carboxylic acids is 2. The van der Waals surface area contributed by atoms with Crippen LogP contribution in [-0.2, 0) is 9.59 Å². The number of nitrogens with zero attached hydrogens (tertiary/aromatic N) is 2. The normalized spacial score (nSPS) is 16.0. The summed E-state index contributed by atoms with van der Waals surface area (Å²) < 4.78 is 0. The third kappa shape index (κ3) is 4.47. The van der Waals surface area contributed by atoms with E-state index in [1.54, 1.807) is 13.8 Å². The van der Waals surface area contributed by atoms with Crippen LogP contribution in [0.15, 0.2) is 24.3 Å². The second-order valence-electron chi connectivity index (χ2n) is 6.77. The minimum atomic E-state index is -0.856. The van der Waals surface area contributed by atoms with Gasteiger partial charge in [-0.15, -0.1) is 0 Å². The highest BCUT2D eigenvalue weighted by atomic mass is 16.2. The van der Waals surface area contributed by atoms with E-state index in [4.69, 9.17) is 0 Å². The molecule has 0 aromatic heterocycles. The van der Waals surface area contributed by atoms with Crippen LogP contribution in [0.25, 0.3) is 0 Å². The van der Waals surface area contributed by atoms with Crippen molar-refractivity contribution in [2.45, 2.75) is 39.7 Å². The number of rotatable bonds is 3. The van der Waals surface area contributed by atoms with Gasteiger partial charge in [-0.05, 0) is 39.3 Å². The molecule has 0 spiro atoms. The highest BCUT2D eigenvalue weighted by Crippen LogP contribution is 2.18. The third-order valence-electron chi connectivity index (χ3n) is 4.21. The summed E-state index contributed by atoms with van der Waals surface area (Å²) in [5.41, 5.74) is 1.59. The Bertz CT molecular complexity index is 566. The Balaban J connectivity index is 2.02. The molecule has 126 valence electrons. The zero-order valence-corrected chi connectivity index (χ0v) is 14.6. The number of benzene rings is 1. The van der Waals surface area contributed by atoms with E-state index in [0.29, 0.717) is 6.54 Å². The number of carbonyl (C=O) groups is 2. The van der Waals surface area contributed by atoms with Gasteiger partial charge in [0.25, 0.3) is 0 Å². The van der Waals surface area contributed by atoms with Crippen LogP contribution in [0.3, 0.4) is 0 Å². The molecule has 5 heteroatoms. The first kappa shape index (κ1) is 17.3. The Morgan fingerprint density at radius 1 is 1.04 bits per heavy atom. The van der Waals surface area contributed by atoms with E-state index >= 15 is 0 Å². The highest BCUT2D eigenvalue weighted by molar-refractivity contribution is 5.90. The van der Waals surface area contributed by atoms with Crippen molar-refractivity contribution in [3.63, 3.8) is 0 Å². The molecule has 1 heterocycles. The molecule has 23 heavy (non-hydrogen) atoms. The Morgan fingerprint density at radius 2 is 1.70 bits per heavy atom. The SMILES string of the molecule is CC(=O)NC(C)(C)C(=O)N1CCCN(c2ccc(C)cc2)CC1. The maximum atomic E-state index is 12.7. The quantitative estimate of drug-likeness (QED) is 0.927. The third-order valence-corrected chi connectivity index (χ3v) is 4.21. The van der Waals surface area contributed by atoms with E-state index in [2.05, 4.69) is 41.4 Å². The van der Waals surface area contributed by atoms with Crippen molar-refractivity contribution in [3.05, 3.63) is 29.8 Å². The summed E-state index contributed by atoms with van der Waals surface area (Å²) in [6.45, 7) is 10.2. The van der Waals surface area contributed by atoms with Gasteiger partial charge < -0.3 is 15.1 Å². The average Bonchev–Trinajstić information content (AvgIpc) is 2.72. The van der Waals surface area contributed by atoms with E-state index in [-0.39, 0.29) is 11.8 Å². The Labute approximate surface area is 138 Å². The van der Waals surface area contributed by atoms with Gasteiger partial charge >= 0.3 is 0 Å². The number of hydrogen-bond donors (Lipinski definition) is 1. The van der Waals surface area contributed by atoms with Gasteiger partial charge in [0.2, 0.25) is 11.8 Å². The van der Waals surface area contributed by atoms with Gasteiger partial charge in [-0.2, -0.15) is 0 Å². The Kier molecular flexibility index (Phi) is 5.29. The monoisotopic (exact) mass is 317 g/mol. The van der Waals surface area contributed by atoms with Crippen molar-refractivity contribution in [1.82, 2.24) is 10.2 Å². The van der Waals surface area contributed by atoms with Crippen molar-refractivity contribution >= 4 is 17.5 Å². The van der Waals surface area contributed by atoms with E-state index < -0.39 is 5.54 Å². The molecular formula is C18H27N3O2. The fourth-order valence-corrected chi connectivity index (χ4v) is 3.02. The van der Waals surface area contributed by atoms with Crippen LogP contribution >= 0.6 is 0 Å². The average molecular weight is 317 g/mol. The van der Waals surface area contributed by atoms with E-state index in [1.807, 2.05) is 4.90 Å². The maximum Gasteiger partial charge on any atom is 0.247 e. The molecular weight excluding hydrogens is 290 g/mol. The number of amides is 2. The number of anilines is 1. The van der Waals surface area contributed by atoms with Crippen molar-refractivity contribution in [2.24, 2.45) is 0 Å². The molecule has 0 saturated carbocycles. The maximum absolute atomic E-state index is 12.7. The second-order valence-corrected chi connectivity index (χ2v) is 6.77. The van der Waals surface area contributed by atoms with Gasteiger partial charge in [0.15, 0.2) is 0 Å². The Morgan fingerprint density at radius 3 is 2.30 bits per heavy atom. The second kappa shape index (κ2) is 7.02. The summed E-state index contributed by atoms with van der Waals surface area (Å²) in [4.78, 5) is 28.2.